The van der Waals surface area contributed by atoms with E-state index in [1.54, 1.807) is 19.1 Å². The maximum atomic E-state index is 13.6. The van der Waals surface area contributed by atoms with E-state index in [2.05, 4.69) is 36.1 Å². The summed E-state index contributed by atoms with van der Waals surface area (Å²) < 4.78 is 54.1. The highest BCUT2D eigenvalue weighted by atomic mass is 35.5. The Morgan fingerprint density at radius 1 is 1.18 bits per heavy atom. The van der Waals surface area contributed by atoms with Gasteiger partial charge in [-0.2, -0.15) is 0 Å². The second-order valence-electron chi connectivity index (χ2n) is 8.25. The van der Waals surface area contributed by atoms with Gasteiger partial charge in [0, 0.05) is 0 Å². The Balaban J connectivity index is 1.69. The molecule has 1 aliphatic heterocycles. The monoisotopic (exact) mass is 582 g/mol. The summed E-state index contributed by atoms with van der Waals surface area (Å²) in [7, 11) is -2.68. The predicted molar refractivity (Wildman–Crippen MR) is 147 cm³/mol. The molecule has 0 aliphatic carbocycles. The van der Waals surface area contributed by atoms with E-state index in [0.29, 0.717) is 6.61 Å². The fourth-order valence-electron chi connectivity index (χ4n) is 3.90. The molecule has 2 aromatic heterocycles. The fraction of sp³-hybridized carbons (Fsp3) is 0.154. The van der Waals surface area contributed by atoms with E-state index in [4.69, 9.17) is 21.1 Å². The Kier molecular flexibility index (Phi) is 7.29. The fourth-order valence-corrected chi connectivity index (χ4v) is 5.26. The highest BCUT2D eigenvalue weighted by Gasteiger charge is 2.26. The molecule has 2 aromatic carbocycles. The minimum Gasteiger partial charge on any atom is -0.506 e. The number of rotatable bonds is 8. The number of sulfonamides is 1. The van der Waals surface area contributed by atoms with Gasteiger partial charge < -0.3 is 14.6 Å². The van der Waals surface area contributed by atoms with Crippen molar-refractivity contribution in [1.29, 1.82) is 0 Å². The number of anilines is 1. The first-order chi connectivity index (χ1) is 19.2. The lowest BCUT2D eigenvalue weighted by Crippen LogP contribution is -2.17. The SMILES string of the molecule is CCOC1=NC(c2nc3nc(Cl)c(NS(=O)(=O)Cc4cccc(F)c4)nc3n2-c2c(O)cccc2OC)=C=C=C1. The molecule has 11 nitrogen and oxygen atoms in total. The number of nitrogens with zero attached hydrogens (tertiary/aromatic N) is 5. The maximum Gasteiger partial charge on any atom is 0.238 e. The minimum absolute atomic E-state index is 0.00963. The number of para-hydroxylation sites is 1. The smallest absolute Gasteiger partial charge is 0.238 e. The number of benzene rings is 2. The van der Waals surface area contributed by atoms with Crippen LogP contribution in [0.2, 0.25) is 5.15 Å². The van der Waals surface area contributed by atoms with Crippen LogP contribution in [0.15, 0.2) is 65.0 Å². The van der Waals surface area contributed by atoms with Crippen LogP contribution in [0, 0.1) is 5.82 Å². The number of halogens is 2. The van der Waals surface area contributed by atoms with E-state index < -0.39 is 21.6 Å². The number of ether oxygens (including phenoxy) is 2. The van der Waals surface area contributed by atoms with Crippen LogP contribution >= 0.6 is 11.6 Å². The van der Waals surface area contributed by atoms with E-state index in [1.165, 1.54) is 42.0 Å². The molecule has 2 N–H and O–H groups in total. The van der Waals surface area contributed by atoms with Crippen LogP contribution in [-0.2, 0) is 20.5 Å². The Bertz CT molecular complexity index is 1890. The van der Waals surface area contributed by atoms with Gasteiger partial charge in [0.25, 0.3) is 0 Å². The Labute approximate surface area is 232 Å². The molecule has 204 valence electrons. The van der Waals surface area contributed by atoms with Crippen molar-refractivity contribution in [2.75, 3.05) is 18.4 Å². The van der Waals surface area contributed by atoms with E-state index in [1.807, 2.05) is 0 Å². The topological polar surface area (TPSA) is 141 Å². The predicted octanol–water partition coefficient (Wildman–Crippen LogP) is 4.36. The third kappa shape index (κ3) is 5.40. The lowest BCUT2D eigenvalue weighted by Gasteiger charge is -2.15. The number of fused-ring (bicyclic) bond motifs is 1. The minimum atomic E-state index is -4.10. The lowest BCUT2D eigenvalue weighted by molar-refractivity contribution is 0.330. The molecular formula is C26H20ClFN6O5S. The average molecular weight is 583 g/mol. The second-order valence-corrected chi connectivity index (χ2v) is 10.3. The van der Waals surface area contributed by atoms with Gasteiger partial charge in [-0.05, 0) is 42.5 Å². The van der Waals surface area contributed by atoms with Gasteiger partial charge in [-0.25, -0.2) is 32.8 Å². The molecule has 0 saturated heterocycles. The zero-order chi connectivity index (χ0) is 28.4. The number of aliphatic imine (C=N–C) groups is 1. The number of hydrogen-bond acceptors (Lipinski definition) is 9. The van der Waals surface area contributed by atoms with Crippen LogP contribution in [0.5, 0.6) is 11.5 Å². The lowest BCUT2D eigenvalue weighted by atomic mass is 10.2. The number of methoxy groups -OCH3 is 1. The highest BCUT2D eigenvalue weighted by Crippen LogP contribution is 2.37. The van der Waals surface area contributed by atoms with Gasteiger partial charge in [0.2, 0.25) is 15.9 Å². The van der Waals surface area contributed by atoms with E-state index in [0.717, 1.165) is 6.07 Å². The summed E-state index contributed by atoms with van der Waals surface area (Å²) in [5.74, 6) is -1.01. The van der Waals surface area contributed by atoms with Gasteiger partial charge in [-0.3, -0.25) is 9.29 Å². The zero-order valence-corrected chi connectivity index (χ0v) is 22.6. The van der Waals surface area contributed by atoms with E-state index in [-0.39, 0.29) is 62.4 Å². The molecule has 5 rings (SSSR count). The van der Waals surface area contributed by atoms with Crippen LogP contribution in [0.25, 0.3) is 22.7 Å². The molecule has 0 unspecified atom stereocenters. The normalized spacial score (nSPS) is 12.8. The Hall–Kier alpha value is -4.67. The van der Waals surface area contributed by atoms with Gasteiger partial charge >= 0.3 is 0 Å². The molecule has 0 amide bonds. The molecule has 0 atom stereocenters. The van der Waals surface area contributed by atoms with Crippen LogP contribution < -0.4 is 9.46 Å². The summed E-state index contributed by atoms with van der Waals surface area (Å²) in [6.07, 6.45) is 1.50. The number of phenols is 1. The largest absolute Gasteiger partial charge is 0.506 e. The van der Waals surface area contributed by atoms with Gasteiger partial charge in [0.1, 0.15) is 23.0 Å². The van der Waals surface area contributed by atoms with Crippen molar-refractivity contribution < 1.29 is 27.4 Å². The molecule has 0 fully saturated rings. The zero-order valence-electron chi connectivity index (χ0n) is 21.0. The summed E-state index contributed by atoms with van der Waals surface area (Å²) in [4.78, 5) is 17.6. The number of nitrogens with one attached hydrogen (secondary N) is 1. The maximum absolute atomic E-state index is 13.6. The van der Waals surface area contributed by atoms with Crippen molar-refractivity contribution in [1.82, 2.24) is 19.5 Å². The van der Waals surface area contributed by atoms with Crippen molar-refractivity contribution in [2.24, 2.45) is 4.99 Å². The number of phenolic OH excluding ortho intramolecular Hbond substituents is 1. The van der Waals surface area contributed by atoms with Crippen molar-refractivity contribution >= 4 is 50.3 Å². The highest BCUT2D eigenvalue weighted by molar-refractivity contribution is 7.91. The third-order valence-corrected chi connectivity index (χ3v) is 6.97. The number of aromatic nitrogens is 4. The van der Waals surface area contributed by atoms with Crippen LogP contribution in [0.3, 0.4) is 0 Å². The van der Waals surface area contributed by atoms with Crippen molar-refractivity contribution in [3.05, 3.63) is 82.4 Å². The van der Waals surface area contributed by atoms with Crippen molar-refractivity contribution in [3.63, 3.8) is 0 Å². The Morgan fingerprint density at radius 2 is 1.98 bits per heavy atom. The van der Waals surface area contributed by atoms with Crippen molar-refractivity contribution in [2.45, 2.75) is 12.7 Å². The molecular weight excluding hydrogens is 563 g/mol. The first kappa shape index (κ1) is 26.9. The summed E-state index contributed by atoms with van der Waals surface area (Å²) >= 11 is 6.31. The molecule has 0 saturated carbocycles. The number of hydrogen-bond donors (Lipinski definition) is 2. The van der Waals surface area contributed by atoms with Gasteiger partial charge in [-0.1, -0.05) is 35.5 Å². The molecule has 1 aliphatic rings. The summed E-state index contributed by atoms with van der Waals surface area (Å²) in [6.45, 7) is 2.15. The van der Waals surface area contributed by atoms with Gasteiger partial charge in [0.15, 0.2) is 33.8 Å². The molecule has 14 heteroatoms. The molecule has 4 aromatic rings. The molecule has 0 radical (unpaired) electrons. The van der Waals surface area contributed by atoms with Gasteiger partial charge in [0.05, 0.1) is 25.5 Å². The second kappa shape index (κ2) is 10.8. The molecule has 40 heavy (non-hydrogen) atoms. The van der Waals surface area contributed by atoms with Crippen LogP contribution in [0.1, 0.15) is 18.3 Å². The third-order valence-electron chi connectivity index (χ3n) is 5.48. The van der Waals surface area contributed by atoms with Crippen LogP contribution in [-0.4, -0.2) is 52.7 Å². The van der Waals surface area contributed by atoms with Crippen LogP contribution in [0.4, 0.5) is 10.2 Å². The average Bonchev–Trinajstić information content (AvgIpc) is 3.26. The summed E-state index contributed by atoms with van der Waals surface area (Å²) in [6, 6.07) is 9.82. The van der Waals surface area contributed by atoms with E-state index in [9.17, 15) is 17.9 Å². The van der Waals surface area contributed by atoms with Crippen molar-refractivity contribution in [3.8, 4) is 17.2 Å². The summed E-state index contributed by atoms with van der Waals surface area (Å²) in [5, 5.41) is 10.6. The van der Waals surface area contributed by atoms with E-state index >= 15 is 0 Å². The first-order valence-electron chi connectivity index (χ1n) is 11.7. The number of imidazole rings is 1. The Morgan fingerprint density at radius 3 is 2.73 bits per heavy atom. The molecule has 0 bridgehead atoms. The summed E-state index contributed by atoms with van der Waals surface area (Å²) in [5.41, 5.74) is 6.21. The first-order valence-corrected chi connectivity index (χ1v) is 13.7. The molecule has 0 spiro atoms. The quantitative estimate of drug-likeness (QED) is 0.292. The molecule has 3 heterocycles. The van der Waals surface area contributed by atoms with Gasteiger partial charge in [-0.15, -0.1) is 0 Å². The standard InChI is InChI=1S/C26H20ClFN6O5S/c1-3-39-20-12-5-9-17(29-20)25-32-24-26(34(25)21-18(35)10-6-11-19(21)38-2)31-23(22(27)30-24)33-40(36,37)14-15-7-4-8-16(28)13-15/h4,6-8,10-13,35H,3,14H2,1-2H3,(H,31,33). The number of aromatic hydroxyl groups is 1.